The second-order valence-electron chi connectivity index (χ2n) is 4.46. The highest BCUT2D eigenvalue weighted by molar-refractivity contribution is 8.00. The van der Waals surface area contributed by atoms with Crippen molar-refractivity contribution < 1.29 is 4.39 Å². The van der Waals surface area contributed by atoms with Gasteiger partial charge >= 0.3 is 0 Å². The quantitative estimate of drug-likeness (QED) is 0.841. The number of hydrogen-bond acceptors (Lipinski definition) is 3. The van der Waals surface area contributed by atoms with Gasteiger partial charge < -0.3 is 5.73 Å². The van der Waals surface area contributed by atoms with Crippen molar-refractivity contribution in [3.63, 3.8) is 0 Å². The van der Waals surface area contributed by atoms with Crippen LogP contribution in [0.25, 0.3) is 0 Å². The van der Waals surface area contributed by atoms with Gasteiger partial charge in [-0.15, -0.1) is 0 Å². The maximum atomic E-state index is 13.8. The molecule has 1 atom stereocenters. The Morgan fingerprint density at radius 3 is 3.12 bits per heavy atom. The molecule has 4 heteroatoms. The monoisotopic (exact) mass is 254 g/mol. The third-order valence-corrected chi connectivity index (χ3v) is 4.55. The van der Waals surface area contributed by atoms with Crippen LogP contribution in [0.5, 0.6) is 0 Å². The lowest BCUT2D eigenvalue weighted by atomic mass is 10.1. The fourth-order valence-corrected chi connectivity index (χ4v) is 3.38. The normalized spacial score (nSPS) is 21.6. The summed E-state index contributed by atoms with van der Waals surface area (Å²) < 4.78 is 13.8. The van der Waals surface area contributed by atoms with E-state index in [0.29, 0.717) is 17.4 Å². The Morgan fingerprint density at radius 2 is 2.35 bits per heavy atom. The first kappa shape index (κ1) is 12.7. The van der Waals surface area contributed by atoms with Gasteiger partial charge in [0.2, 0.25) is 0 Å². The first-order chi connectivity index (χ1) is 8.20. The minimum Gasteiger partial charge on any atom is -0.396 e. The third kappa shape index (κ3) is 3.13. The summed E-state index contributed by atoms with van der Waals surface area (Å²) in [4.78, 5) is 2.32. The van der Waals surface area contributed by atoms with Crippen LogP contribution >= 0.6 is 11.8 Å². The summed E-state index contributed by atoms with van der Waals surface area (Å²) in [6.07, 6.45) is 1.18. The van der Waals surface area contributed by atoms with Gasteiger partial charge in [0, 0.05) is 36.2 Å². The molecule has 1 saturated heterocycles. The van der Waals surface area contributed by atoms with Crippen molar-refractivity contribution in [2.45, 2.75) is 25.1 Å². The van der Waals surface area contributed by atoms with Gasteiger partial charge in [0.05, 0.1) is 5.69 Å². The standard InChI is InChI=1S/C13H19FN2S/c1-2-11-9-16(6-7-17-11)8-10-4-3-5-12(15)13(10)14/h3-5,11H,2,6-9,15H2,1H3. The van der Waals surface area contributed by atoms with Crippen molar-refractivity contribution in [1.29, 1.82) is 0 Å². The SMILES string of the molecule is CCC1CN(Cc2cccc(N)c2F)CCS1. The number of rotatable bonds is 3. The molecule has 0 amide bonds. The highest BCUT2D eigenvalue weighted by Crippen LogP contribution is 2.23. The largest absolute Gasteiger partial charge is 0.396 e. The highest BCUT2D eigenvalue weighted by atomic mass is 32.2. The summed E-state index contributed by atoms with van der Waals surface area (Å²) in [6.45, 7) is 4.97. The summed E-state index contributed by atoms with van der Waals surface area (Å²) in [6, 6.07) is 5.26. The average molecular weight is 254 g/mol. The second kappa shape index (κ2) is 5.74. The van der Waals surface area contributed by atoms with Crippen LogP contribution in [-0.4, -0.2) is 29.0 Å². The second-order valence-corrected chi connectivity index (χ2v) is 5.86. The van der Waals surface area contributed by atoms with Gasteiger partial charge in [-0.1, -0.05) is 19.1 Å². The molecule has 0 saturated carbocycles. The van der Waals surface area contributed by atoms with Crippen LogP contribution in [0.2, 0.25) is 0 Å². The van der Waals surface area contributed by atoms with Crippen LogP contribution in [0, 0.1) is 5.82 Å². The van der Waals surface area contributed by atoms with Gasteiger partial charge in [0.25, 0.3) is 0 Å². The van der Waals surface area contributed by atoms with Crippen LogP contribution < -0.4 is 5.73 Å². The van der Waals surface area contributed by atoms with Crippen molar-refractivity contribution in [2.75, 3.05) is 24.6 Å². The van der Waals surface area contributed by atoms with Gasteiger partial charge in [0.1, 0.15) is 0 Å². The summed E-state index contributed by atoms with van der Waals surface area (Å²) in [5, 5.41) is 0.688. The van der Waals surface area contributed by atoms with Crippen molar-refractivity contribution in [3.8, 4) is 0 Å². The van der Waals surface area contributed by atoms with Crippen molar-refractivity contribution in [1.82, 2.24) is 4.90 Å². The van der Waals surface area contributed by atoms with Crippen LogP contribution in [-0.2, 0) is 6.54 Å². The zero-order valence-corrected chi connectivity index (χ0v) is 11.0. The van der Waals surface area contributed by atoms with Crippen LogP contribution in [0.3, 0.4) is 0 Å². The molecule has 17 heavy (non-hydrogen) atoms. The van der Waals surface area contributed by atoms with Crippen LogP contribution in [0.4, 0.5) is 10.1 Å². The fourth-order valence-electron chi connectivity index (χ4n) is 2.13. The molecular formula is C13H19FN2S. The molecule has 1 aliphatic rings. The smallest absolute Gasteiger partial charge is 0.150 e. The van der Waals surface area contributed by atoms with E-state index in [4.69, 9.17) is 5.73 Å². The Kier molecular flexibility index (Phi) is 4.29. The summed E-state index contributed by atoms with van der Waals surface area (Å²) in [5.41, 5.74) is 6.55. The number of halogens is 1. The third-order valence-electron chi connectivity index (χ3n) is 3.18. The number of nitrogens with two attached hydrogens (primary N) is 1. The van der Waals surface area contributed by atoms with Crippen molar-refractivity contribution in [3.05, 3.63) is 29.6 Å². The Morgan fingerprint density at radius 1 is 1.53 bits per heavy atom. The van der Waals surface area contributed by atoms with E-state index in [1.807, 2.05) is 23.9 Å². The minimum atomic E-state index is -0.251. The first-order valence-electron chi connectivity index (χ1n) is 6.07. The number of hydrogen-bond donors (Lipinski definition) is 1. The van der Waals surface area contributed by atoms with Crippen LogP contribution in [0.15, 0.2) is 18.2 Å². The molecule has 0 bridgehead atoms. The molecular weight excluding hydrogens is 235 g/mol. The van der Waals surface area contributed by atoms with E-state index in [9.17, 15) is 4.39 Å². The molecule has 1 aromatic carbocycles. The molecule has 0 aromatic heterocycles. The van der Waals surface area contributed by atoms with Crippen molar-refractivity contribution >= 4 is 17.4 Å². The number of nitrogen functional groups attached to an aromatic ring is 1. The molecule has 94 valence electrons. The van der Waals surface area contributed by atoms with E-state index in [1.165, 1.54) is 6.42 Å². The van der Waals surface area contributed by atoms with Gasteiger partial charge in [-0.05, 0) is 12.5 Å². The van der Waals surface area contributed by atoms with E-state index in [-0.39, 0.29) is 11.5 Å². The average Bonchev–Trinajstić information content (AvgIpc) is 2.35. The molecule has 2 rings (SSSR count). The van der Waals surface area contributed by atoms with E-state index in [1.54, 1.807) is 6.07 Å². The van der Waals surface area contributed by atoms with Gasteiger partial charge in [-0.2, -0.15) is 11.8 Å². The molecule has 0 spiro atoms. The van der Waals surface area contributed by atoms with Gasteiger partial charge in [-0.25, -0.2) is 4.39 Å². The minimum absolute atomic E-state index is 0.251. The topological polar surface area (TPSA) is 29.3 Å². The van der Waals surface area contributed by atoms with Crippen LogP contribution in [0.1, 0.15) is 18.9 Å². The van der Waals surface area contributed by atoms with Gasteiger partial charge in [0.15, 0.2) is 5.82 Å². The lowest BCUT2D eigenvalue weighted by Crippen LogP contribution is -2.37. The summed E-state index contributed by atoms with van der Waals surface area (Å²) in [7, 11) is 0. The lowest BCUT2D eigenvalue weighted by Gasteiger charge is -2.32. The summed E-state index contributed by atoms with van der Waals surface area (Å²) in [5.74, 6) is 0.890. The molecule has 2 N–H and O–H groups in total. The number of nitrogens with zero attached hydrogens (tertiary/aromatic N) is 1. The van der Waals surface area contributed by atoms with Crippen molar-refractivity contribution in [2.24, 2.45) is 0 Å². The number of anilines is 1. The Labute approximate surface area is 106 Å². The lowest BCUT2D eigenvalue weighted by molar-refractivity contribution is 0.269. The maximum absolute atomic E-state index is 13.8. The fraction of sp³-hybridized carbons (Fsp3) is 0.538. The molecule has 0 radical (unpaired) electrons. The Hall–Kier alpha value is -0.740. The molecule has 1 heterocycles. The molecule has 2 nitrogen and oxygen atoms in total. The van der Waals surface area contributed by atoms with E-state index >= 15 is 0 Å². The summed E-state index contributed by atoms with van der Waals surface area (Å²) >= 11 is 2.02. The molecule has 1 aliphatic heterocycles. The molecule has 0 aliphatic carbocycles. The van der Waals surface area contributed by atoms with E-state index in [2.05, 4.69) is 11.8 Å². The zero-order chi connectivity index (χ0) is 12.3. The number of benzene rings is 1. The number of thioether (sulfide) groups is 1. The van der Waals surface area contributed by atoms with E-state index < -0.39 is 0 Å². The first-order valence-corrected chi connectivity index (χ1v) is 7.12. The predicted molar refractivity (Wildman–Crippen MR) is 72.6 cm³/mol. The zero-order valence-electron chi connectivity index (χ0n) is 10.2. The Bertz CT molecular complexity index is 384. The van der Waals surface area contributed by atoms with E-state index in [0.717, 1.165) is 18.8 Å². The highest BCUT2D eigenvalue weighted by Gasteiger charge is 2.20. The maximum Gasteiger partial charge on any atom is 0.150 e. The molecule has 1 aromatic rings. The molecule has 1 fully saturated rings. The molecule has 1 unspecified atom stereocenters. The predicted octanol–water partition coefficient (Wildman–Crippen LogP) is 2.74. The van der Waals surface area contributed by atoms with Gasteiger partial charge in [-0.3, -0.25) is 4.90 Å². The Balaban J connectivity index is 2.02.